The van der Waals surface area contributed by atoms with Crippen LogP contribution in [0, 0.1) is 0 Å². The van der Waals surface area contributed by atoms with E-state index in [4.69, 9.17) is 4.74 Å². The average molecular weight is 319 g/mol. The molecule has 7 heteroatoms. The molecule has 116 valence electrons. The molecule has 6 nitrogen and oxygen atoms in total. The molecule has 2 amide bonds. The zero-order chi connectivity index (χ0) is 15.9. The van der Waals surface area contributed by atoms with Gasteiger partial charge in [0, 0.05) is 23.3 Å². The van der Waals surface area contributed by atoms with Gasteiger partial charge in [-0.2, -0.15) is 0 Å². The summed E-state index contributed by atoms with van der Waals surface area (Å²) in [7, 11) is 0. The number of anilines is 1. The number of aromatic nitrogens is 1. The summed E-state index contributed by atoms with van der Waals surface area (Å²) in [5.41, 5.74) is 0.903. The first-order valence-corrected chi connectivity index (χ1v) is 7.65. The van der Waals surface area contributed by atoms with Crippen LogP contribution in [0.4, 0.5) is 10.5 Å². The molecule has 0 bridgehead atoms. The molecule has 22 heavy (non-hydrogen) atoms. The summed E-state index contributed by atoms with van der Waals surface area (Å²) in [4.78, 5) is 27.7. The third-order valence-electron chi connectivity index (χ3n) is 2.59. The lowest BCUT2D eigenvalue weighted by molar-refractivity contribution is 0.0472. The Labute approximate surface area is 132 Å². The van der Waals surface area contributed by atoms with Gasteiger partial charge in [0.25, 0.3) is 0 Å². The second-order valence-electron chi connectivity index (χ2n) is 4.84. The molecule has 1 heterocycles. The molecule has 0 saturated heterocycles. The standard InChI is InChI=1S/C15H17N3O3S/c1-10(2)17-15(20)18-12-5-3-4-11(8-12)14(19)21-9-13-16-6-7-22-13/h3-8,10H,9H2,1-2H3,(H2,17,18,20). The summed E-state index contributed by atoms with van der Waals surface area (Å²) in [6, 6.07) is 6.32. The van der Waals surface area contributed by atoms with Gasteiger partial charge in [-0.15, -0.1) is 11.3 Å². The highest BCUT2D eigenvalue weighted by Gasteiger charge is 2.10. The Morgan fingerprint density at radius 1 is 1.36 bits per heavy atom. The maximum absolute atomic E-state index is 12.0. The number of rotatable bonds is 5. The van der Waals surface area contributed by atoms with E-state index in [2.05, 4.69) is 15.6 Å². The van der Waals surface area contributed by atoms with E-state index >= 15 is 0 Å². The maximum Gasteiger partial charge on any atom is 0.338 e. The number of benzene rings is 1. The number of hydrogen-bond donors (Lipinski definition) is 2. The van der Waals surface area contributed by atoms with Gasteiger partial charge >= 0.3 is 12.0 Å². The van der Waals surface area contributed by atoms with Crippen molar-refractivity contribution < 1.29 is 14.3 Å². The minimum Gasteiger partial charge on any atom is -0.455 e. The number of amides is 2. The lowest BCUT2D eigenvalue weighted by Crippen LogP contribution is -2.34. The predicted molar refractivity (Wildman–Crippen MR) is 85.0 cm³/mol. The van der Waals surface area contributed by atoms with E-state index in [0.29, 0.717) is 11.3 Å². The minimum absolute atomic E-state index is 0.0337. The van der Waals surface area contributed by atoms with Crippen molar-refractivity contribution >= 4 is 29.0 Å². The average Bonchev–Trinajstić information content (AvgIpc) is 2.97. The molecule has 1 aromatic carbocycles. The monoisotopic (exact) mass is 319 g/mol. The largest absolute Gasteiger partial charge is 0.455 e. The number of nitrogens with one attached hydrogen (secondary N) is 2. The Morgan fingerprint density at radius 2 is 2.18 bits per heavy atom. The Morgan fingerprint density at radius 3 is 2.86 bits per heavy atom. The second-order valence-corrected chi connectivity index (χ2v) is 5.82. The predicted octanol–water partition coefficient (Wildman–Crippen LogP) is 3.03. The smallest absolute Gasteiger partial charge is 0.338 e. The van der Waals surface area contributed by atoms with Gasteiger partial charge in [0.1, 0.15) is 11.6 Å². The molecule has 2 rings (SSSR count). The minimum atomic E-state index is -0.455. The number of nitrogens with zero attached hydrogens (tertiary/aromatic N) is 1. The number of urea groups is 1. The molecule has 0 radical (unpaired) electrons. The van der Waals surface area contributed by atoms with Crippen LogP contribution < -0.4 is 10.6 Å². The molecule has 0 unspecified atom stereocenters. The van der Waals surface area contributed by atoms with Crippen molar-refractivity contribution in [3.63, 3.8) is 0 Å². The number of hydrogen-bond acceptors (Lipinski definition) is 5. The third kappa shape index (κ3) is 4.85. The maximum atomic E-state index is 12.0. The number of thiazole rings is 1. The molecule has 1 aromatic heterocycles. The van der Waals surface area contributed by atoms with E-state index in [1.54, 1.807) is 30.5 Å². The Kier molecular flexibility index (Phi) is 5.48. The number of carbonyl (C=O) groups excluding carboxylic acids is 2. The summed E-state index contributed by atoms with van der Waals surface area (Å²) in [5, 5.41) is 7.94. The van der Waals surface area contributed by atoms with Gasteiger partial charge in [0.05, 0.1) is 5.56 Å². The number of esters is 1. The molecule has 0 aliphatic rings. The van der Waals surface area contributed by atoms with Crippen molar-refractivity contribution in [3.05, 3.63) is 46.4 Å². The Balaban J connectivity index is 1.95. The van der Waals surface area contributed by atoms with E-state index in [1.165, 1.54) is 11.3 Å². The van der Waals surface area contributed by atoms with E-state index in [-0.39, 0.29) is 18.7 Å². The van der Waals surface area contributed by atoms with Gasteiger partial charge in [0.15, 0.2) is 0 Å². The molecular formula is C15H17N3O3S. The molecule has 0 spiro atoms. The summed E-state index contributed by atoms with van der Waals surface area (Å²) in [5.74, 6) is -0.455. The van der Waals surface area contributed by atoms with Crippen molar-refractivity contribution in [1.82, 2.24) is 10.3 Å². The normalized spacial score (nSPS) is 10.3. The van der Waals surface area contributed by atoms with Crippen molar-refractivity contribution in [2.24, 2.45) is 0 Å². The van der Waals surface area contributed by atoms with Crippen LogP contribution in [0.3, 0.4) is 0 Å². The quantitative estimate of drug-likeness (QED) is 0.830. The van der Waals surface area contributed by atoms with E-state index in [0.717, 1.165) is 5.01 Å². The highest BCUT2D eigenvalue weighted by Crippen LogP contribution is 2.13. The SMILES string of the molecule is CC(C)NC(=O)Nc1cccc(C(=O)OCc2nccs2)c1. The highest BCUT2D eigenvalue weighted by atomic mass is 32.1. The van der Waals surface area contributed by atoms with Crippen LogP contribution in [0.5, 0.6) is 0 Å². The summed E-state index contributed by atoms with van der Waals surface area (Å²) in [6.07, 6.45) is 1.66. The van der Waals surface area contributed by atoms with Crippen LogP contribution in [-0.2, 0) is 11.3 Å². The zero-order valence-electron chi connectivity index (χ0n) is 12.3. The first-order valence-electron chi connectivity index (χ1n) is 6.77. The summed E-state index contributed by atoms with van der Waals surface area (Å²) >= 11 is 1.42. The van der Waals surface area contributed by atoms with Crippen LogP contribution >= 0.6 is 11.3 Å². The lowest BCUT2D eigenvalue weighted by atomic mass is 10.2. The fourth-order valence-electron chi connectivity index (χ4n) is 1.69. The molecule has 2 N–H and O–H groups in total. The summed E-state index contributed by atoms with van der Waals surface area (Å²) in [6.45, 7) is 3.87. The van der Waals surface area contributed by atoms with Crippen molar-refractivity contribution in [2.75, 3.05) is 5.32 Å². The molecular weight excluding hydrogens is 302 g/mol. The van der Waals surface area contributed by atoms with Gasteiger partial charge < -0.3 is 15.4 Å². The van der Waals surface area contributed by atoms with Gasteiger partial charge in [-0.3, -0.25) is 0 Å². The van der Waals surface area contributed by atoms with Crippen LogP contribution in [-0.4, -0.2) is 23.0 Å². The van der Waals surface area contributed by atoms with Crippen LogP contribution in [0.15, 0.2) is 35.8 Å². The fourth-order valence-corrected chi connectivity index (χ4v) is 2.22. The van der Waals surface area contributed by atoms with Gasteiger partial charge in [0.2, 0.25) is 0 Å². The van der Waals surface area contributed by atoms with E-state index < -0.39 is 5.97 Å². The lowest BCUT2D eigenvalue weighted by Gasteiger charge is -2.10. The molecule has 0 saturated carbocycles. The second kappa shape index (κ2) is 7.56. The fraction of sp³-hybridized carbons (Fsp3) is 0.267. The highest BCUT2D eigenvalue weighted by molar-refractivity contribution is 7.09. The molecule has 0 atom stereocenters. The molecule has 0 aliphatic heterocycles. The topological polar surface area (TPSA) is 80.3 Å². The molecule has 0 aliphatic carbocycles. The molecule has 0 fully saturated rings. The number of ether oxygens (including phenoxy) is 1. The van der Waals surface area contributed by atoms with Gasteiger partial charge in [-0.05, 0) is 32.0 Å². The number of carbonyl (C=O) groups is 2. The zero-order valence-corrected chi connectivity index (χ0v) is 13.1. The first-order chi connectivity index (χ1) is 10.5. The molecule has 2 aromatic rings. The summed E-state index contributed by atoms with van der Waals surface area (Å²) < 4.78 is 5.18. The Hall–Kier alpha value is -2.41. The third-order valence-corrected chi connectivity index (χ3v) is 3.34. The van der Waals surface area contributed by atoms with Gasteiger partial charge in [-0.1, -0.05) is 6.07 Å². The first kappa shape index (κ1) is 16.0. The van der Waals surface area contributed by atoms with Crippen LogP contribution in [0.1, 0.15) is 29.2 Å². The van der Waals surface area contributed by atoms with Crippen LogP contribution in [0.25, 0.3) is 0 Å². The van der Waals surface area contributed by atoms with Crippen molar-refractivity contribution in [2.45, 2.75) is 26.5 Å². The van der Waals surface area contributed by atoms with Gasteiger partial charge in [-0.25, -0.2) is 14.6 Å². The van der Waals surface area contributed by atoms with Crippen molar-refractivity contribution in [1.29, 1.82) is 0 Å². The Bertz CT molecular complexity index is 641. The van der Waals surface area contributed by atoms with Crippen molar-refractivity contribution in [3.8, 4) is 0 Å². The van der Waals surface area contributed by atoms with E-state index in [1.807, 2.05) is 19.2 Å². The van der Waals surface area contributed by atoms with E-state index in [9.17, 15) is 9.59 Å². The van der Waals surface area contributed by atoms with Crippen LogP contribution in [0.2, 0.25) is 0 Å².